The molecule has 2 aliphatic rings. The Hall–Kier alpha value is -3.20. The fourth-order valence-corrected chi connectivity index (χ4v) is 3.63. The molecule has 116 valence electrons. The molecule has 0 spiro atoms. The Morgan fingerprint density at radius 2 is 2.21 bits per heavy atom. The van der Waals surface area contributed by atoms with E-state index in [-0.39, 0.29) is 11.9 Å². The highest BCUT2D eigenvalue weighted by atomic mass is 16.2. The maximum Gasteiger partial charge on any atom is 0.344 e. The van der Waals surface area contributed by atoms with E-state index in [1.54, 1.807) is 17.3 Å². The maximum absolute atomic E-state index is 12.5. The Balaban J connectivity index is 1.72. The Morgan fingerprint density at radius 3 is 3.00 bits per heavy atom. The molecule has 6 nitrogen and oxygen atoms in total. The molecular formula is C18H13N5O. The van der Waals surface area contributed by atoms with Gasteiger partial charge in [0, 0.05) is 48.1 Å². The minimum absolute atomic E-state index is 0.0661. The summed E-state index contributed by atoms with van der Waals surface area (Å²) < 4.78 is 1.37. The Kier molecular flexibility index (Phi) is 2.44. The van der Waals surface area contributed by atoms with Gasteiger partial charge >= 0.3 is 6.03 Å². The number of carbonyl (C=O) groups is 1. The lowest BCUT2D eigenvalue weighted by molar-refractivity contribution is 0.143. The fraction of sp³-hybridized carbons (Fsp3) is 0.222. The first-order chi connectivity index (χ1) is 11.7. The van der Waals surface area contributed by atoms with Crippen molar-refractivity contribution < 1.29 is 4.79 Å². The molecule has 1 aromatic carbocycles. The van der Waals surface area contributed by atoms with E-state index in [1.165, 1.54) is 4.68 Å². The van der Waals surface area contributed by atoms with Crippen LogP contribution in [0.25, 0.3) is 34.3 Å². The van der Waals surface area contributed by atoms with E-state index >= 15 is 0 Å². The van der Waals surface area contributed by atoms with Crippen LogP contribution in [-0.2, 0) is 6.42 Å². The first-order valence-corrected chi connectivity index (χ1v) is 7.84. The molecular weight excluding hydrogens is 302 g/mol. The second-order valence-electron chi connectivity index (χ2n) is 6.33. The highest BCUT2D eigenvalue weighted by Gasteiger charge is 2.32. The van der Waals surface area contributed by atoms with Crippen LogP contribution in [-0.4, -0.2) is 38.8 Å². The minimum atomic E-state index is -0.192. The van der Waals surface area contributed by atoms with Crippen LogP contribution in [0, 0.1) is 17.2 Å². The van der Waals surface area contributed by atoms with Crippen LogP contribution in [0.2, 0.25) is 0 Å². The number of aromatic nitrogens is 3. The van der Waals surface area contributed by atoms with Crippen LogP contribution in [0.15, 0.2) is 18.5 Å². The molecule has 0 N–H and O–H groups in total. The first kappa shape index (κ1) is 13.3. The topological polar surface area (TPSA) is 74.8 Å². The second kappa shape index (κ2) is 4.42. The molecule has 1 amide bonds. The van der Waals surface area contributed by atoms with Crippen LogP contribution < -0.4 is 10.4 Å². The van der Waals surface area contributed by atoms with Gasteiger partial charge in [0.05, 0.1) is 17.7 Å². The summed E-state index contributed by atoms with van der Waals surface area (Å²) in [6.45, 7) is 5.14. The third-order valence-corrected chi connectivity index (χ3v) is 4.95. The highest BCUT2D eigenvalue weighted by molar-refractivity contribution is 6.08. The molecule has 3 heterocycles. The Morgan fingerprint density at radius 1 is 1.38 bits per heavy atom. The van der Waals surface area contributed by atoms with Crippen molar-refractivity contribution in [3.63, 3.8) is 0 Å². The third-order valence-electron chi connectivity index (χ3n) is 4.95. The fourth-order valence-electron chi connectivity index (χ4n) is 3.63. The monoisotopic (exact) mass is 315 g/mol. The molecule has 1 fully saturated rings. The molecule has 1 aliphatic carbocycles. The number of nitriles is 1. The van der Waals surface area contributed by atoms with E-state index in [2.05, 4.69) is 28.8 Å². The van der Waals surface area contributed by atoms with Crippen LogP contribution in [0.1, 0.15) is 5.69 Å². The van der Waals surface area contributed by atoms with Gasteiger partial charge in [-0.15, -0.1) is 0 Å². The molecule has 24 heavy (non-hydrogen) atoms. The number of nitrogens with zero attached hydrogens (tertiary/aromatic N) is 5. The van der Waals surface area contributed by atoms with E-state index in [0.29, 0.717) is 13.1 Å². The number of benzene rings is 1. The van der Waals surface area contributed by atoms with Gasteiger partial charge in [0.15, 0.2) is 0 Å². The maximum atomic E-state index is 12.5. The van der Waals surface area contributed by atoms with Gasteiger partial charge in [-0.25, -0.2) is 4.79 Å². The van der Waals surface area contributed by atoms with Gasteiger partial charge in [0.1, 0.15) is 5.52 Å². The van der Waals surface area contributed by atoms with E-state index < -0.39 is 0 Å². The zero-order valence-electron chi connectivity index (χ0n) is 12.9. The Labute approximate surface area is 136 Å². The number of fused-ring (bicyclic) bond motifs is 2. The summed E-state index contributed by atoms with van der Waals surface area (Å²) in [6.07, 6.45) is 6.49. The molecule has 1 saturated heterocycles. The third kappa shape index (κ3) is 1.56. The Bertz CT molecular complexity index is 1190. The molecule has 0 unspecified atom stereocenters. The lowest BCUT2D eigenvalue weighted by atomic mass is 10.0. The van der Waals surface area contributed by atoms with E-state index in [9.17, 15) is 4.79 Å². The van der Waals surface area contributed by atoms with E-state index in [0.717, 1.165) is 44.2 Å². The van der Waals surface area contributed by atoms with Crippen molar-refractivity contribution in [2.24, 2.45) is 5.92 Å². The average Bonchev–Trinajstić information content (AvgIpc) is 3.17. The van der Waals surface area contributed by atoms with Gasteiger partial charge in [0.25, 0.3) is 0 Å². The SMILES string of the molecule is C=c1c2c3c(nccc3c3nn(C(=O)N4CC(C#N)C4)cc13)CC=2. The summed E-state index contributed by atoms with van der Waals surface area (Å²) in [7, 11) is 0. The number of amides is 1. The van der Waals surface area contributed by atoms with Crippen molar-refractivity contribution in [2.75, 3.05) is 13.1 Å². The van der Waals surface area contributed by atoms with Gasteiger partial charge in [-0.2, -0.15) is 15.0 Å². The number of likely N-dealkylation sites (tertiary alicyclic amines) is 1. The minimum Gasteiger partial charge on any atom is -0.320 e. The molecule has 6 heteroatoms. The normalized spacial score (nSPS) is 16.2. The molecule has 3 aromatic rings. The summed E-state index contributed by atoms with van der Waals surface area (Å²) >= 11 is 0. The molecule has 0 saturated carbocycles. The molecule has 1 aliphatic heterocycles. The zero-order chi connectivity index (χ0) is 16.4. The van der Waals surface area contributed by atoms with Crippen molar-refractivity contribution in [1.82, 2.24) is 19.7 Å². The molecule has 0 bridgehead atoms. The number of carbonyl (C=O) groups excluding carboxylic acids is 1. The number of hydrogen-bond acceptors (Lipinski definition) is 4. The standard InChI is InChI=1S/C18H13N5O/c1-10-12-2-3-15-16(12)13(4-5-20-15)17-14(10)9-23(21-17)18(24)22-7-11(6-19)8-22/h2,4-5,9,11H,1,3,7-8H2. The predicted octanol–water partition coefficient (Wildman–Crippen LogP) is 0.755. The second-order valence-corrected chi connectivity index (χ2v) is 6.33. The smallest absolute Gasteiger partial charge is 0.320 e. The molecule has 5 rings (SSSR count). The van der Waals surface area contributed by atoms with Crippen molar-refractivity contribution in [3.05, 3.63) is 34.6 Å². The molecule has 0 atom stereocenters. The molecule has 2 aromatic heterocycles. The van der Waals surface area contributed by atoms with Crippen molar-refractivity contribution in [1.29, 1.82) is 5.26 Å². The van der Waals surface area contributed by atoms with Gasteiger partial charge in [-0.1, -0.05) is 12.7 Å². The number of rotatable bonds is 0. The van der Waals surface area contributed by atoms with Crippen LogP contribution in [0.5, 0.6) is 0 Å². The van der Waals surface area contributed by atoms with Crippen LogP contribution >= 0.6 is 0 Å². The van der Waals surface area contributed by atoms with Gasteiger partial charge < -0.3 is 4.90 Å². The summed E-state index contributed by atoms with van der Waals surface area (Å²) in [6, 6.07) is 3.93. The summed E-state index contributed by atoms with van der Waals surface area (Å²) in [5.41, 5.74) is 1.82. The largest absolute Gasteiger partial charge is 0.344 e. The average molecular weight is 315 g/mol. The van der Waals surface area contributed by atoms with Crippen molar-refractivity contribution in [2.45, 2.75) is 6.42 Å². The quantitative estimate of drug-likeness (QED) is 0.614. The van der Waals surface area contributed by atoms with E-state index in [4.69, 9.17) is 5.26 Å². The zero-order valence-corrected chi connectivity index (χ0v) is 12.9. The summed E-state index contributed by atoms with van der Waals surface area (Å²) in [5.74, 6) is -0.0661. The van der Waals surface area contributed by atoms with Crippen LogP contribution in [0.4, 0.5) is 4.79 Å². The summed E-state index contributed by atoms with van der Waals surface area (Å²) in [4.78, 5) is 18.6. The van der Waals surface area contributed by atoms with Gasteiger partial charge in [-0.3, -0.25) is 4.98 Å². The number of pyridine rings is 1. The van der Waals surface area contributed by atoms with Gasteiger partial charge in [0.2, 0.25) is 0 Å². The van der Waals surface area contributed by atoms with E-state index in [1.807, 2.05) is 6.07 Å². The van der Waals surface area contributed by atoms with Crippen LogP contribution in [0.3, 0.4) is 0 Å². The van der Waals surface area contributed by atoms with Gasteiger partial charge in [-0.05, 0) is 16.5 Å². The lowest BCUT2D eigenvalue weighted by Crippen LogP contribution is -2.51. The number of hydrogen-bond donors (Lipinski definition) is 0. The highest BCUT2D eigenvalue weighted by Crippen LogP contribution is 2.24. The van der Waals surface area contributed by atoms with Crippen molar-refractivity contribution >= 4 is 40.4 Å². The van der Waals surface area contributed by atoms with Crippen molar-refractivity contribution in [3.8, 4) is 6.07 Å². The first-order valence-electron chi connectivity index (χ1n) is 7.84. The predicted molar refractivity (Wildman–Crippen MR) is 89.4 cm³/mol. The summed E-state index contributed by atoms with van der Waals surface area (Å²) in [5, 5.41) is 18.4. The molecule has 0 radical (unpaired) electrons. The lowest BCUT2D eigenvalue weighted by Gasteiger charge is -2.34.